The normalized spacial score (nSPS) is 12.3. The van der Waals surface area contributed by atoms with Crippen LogP contribution in [0.3, 0.4) is 0 Å². The van der Waals surface area contributed by atoms with E-state index in [4.69, 9.17) is 15.0 Å². The van der Waals surface area contributed by atoms with E-state index in [0.29, 0.717) is 24.7 Å². The highest BCUT2D eigenvalue weighted by atomic mass is 16.5. The van der Waals surface area contributed by atoms with Gasteiger partial charge < -0.3 is 15.0 Å². The Kier molecular flexibility index (Phi) is 5.12. The van der Waals surface area contributed by atoms with Crippen LogP contribution in [0.2, 0.25) is 0 Å². The lowest BCUT2D eigenvalue weighted by atomic mass is 10.1. The molecule has 0 bridgehead atoms. The first-order valence-corrected chi connectivity index (χ1v) is 6.88. The summed E-state index contributed by atoms with van der Waals surface area (Å²) in [5.41, 5.74) is 6.64. The van der Waals surface area contributed by atoms with Crippen LogP contribution in [0, 0.1) is 0 Å². The fourth-order valence-corrected chi connectivity index (χ4v) is 2.01. The van der Waals surface area contributed by atoms with Gasteiger partial charge in [-0.1, -0.05) is 24.2 Å². The van der Waals surface area contributed by atoms with Crippen LogP contribution in [0.5, 0.6) is 5.75 Å². The Morgan fingerprint density at radius 1 is 1.30 bits per heavy atom. The van der Waals surface area contributed by atoms with Gasteiger partial charge in [-0.25, -0.2) is 0 Å². The van der Waals surface area contributed by atoms with E-state index in [9.17, 15) is 0 Å². The fraction of sp³-hybridized carbons (Fsp3) is 0.467. The van der Waals surface area contributed by atoms with Gasteiger partial charge in [-0.2, -0.15) is 4.98 Å². The number of rotatable bonds is 7. The largest absolute Gasteiger partial charge is 0.497 e. The summed E-state index contributed by atoms with van der Waals surface area (Å²) in [4.78, 5) is 4.45. The second-order valence-corrected chi connectivity index (χ2v) is 4.91. The van der Waals surface area contributed by atoms with E-state index in [1.807, 2.05) is 24.3 Å². The maximum Gasteiger partial charge on any atom is 0.229 e. The van der Waals surface area contributed by atoms with Gasteiger partial charge in [0, 0.05) is 12.3 Å². The van der Waals surface area contributed by atoms with E-state index in [1.54, 1.807) is 7.11 Å². The number of nitrogens with zero attached hydrogens (tertiary/aromatic N) is 2. The highest BCUT2D eigenvalue weighted by Crippen LogP contribution is 2.19. The summed E-state index contributed by atoms with van der Waals surface area (Å²) in [6.07, 6.45) is 2.61. The minimum absolute atomic E-state index is 0.260. The highest BCUT2D eigenvalue weighted by Gasteiger charge is 2.14. The van der Waals surface area contributed by atoms with E-state index in [-0.39, 0.29) is 5.92 Å². The zero-order valence-corrected chi connectivity index (χ0v) is 12.0. The molecule has 0 aliphatic rings. The van der Waals surface area contributed by atoms with Crippen molar-refractivity contribution in [3.8, 4) is 5.75 Å². The summed E-state index contributed by atoms with van der Waals surface area (Å²) in [6, 6.07) is 7.87. The minimum Gasteiger partial charge on any atom is -0.497 e. The molecule has 1 atom stereocenters. The maximum absolute atomic E-state index is 5.51. The summed E-state index contributed by atoms with van der Waals surface area (Å²) >= 11 is 0. The van der Waals surface area contributed by atoms with Crippen LogP contribution in [0.1, 0.15) is 43.0 Å². The third-order valence-electron chi connectivity index (χ3n) is 3.27. The predicted molar refractivity (Wildman–Crippen MR) is 76.8 cm³/mol. The highest BCUT2D eigenvalue weighted by molar-refractivity contribution is 5.28. The first-order chi connectivity index (χ1) is 9.72. The van der Waals surface area contributed by atoms with Crippen molar-refractivity contribution >= 4 is 0 Å². The SMILES string of the molecule is COc1ccc(Cc2noc(C(C)CCCN)n2)cc1. The van der Waals surface area contributed by atoms with E-state index in [2.05, 4.69) is 17.1 Å². The molecule has 1 aromatic heterocycles. The van der Waals surface area contributed by atoms with E-state index in [0.717, 1.165) is 24.2 Å². The number of benzene rings is 1. The van der Waals surface area contributed by atoms with Crippen molar-refractivity contribution in [2.75, 3.05) is 13.7 Å². The van der Waals surface area contributed by atoms with Crippen LogP contribution >= 0.6 is 0 Å². The topological polar surface area (TPSA) is 74.2 Å². The van der Waals surface area contributed by atoms with E-state index < -0.39 is 0 Å². The molecule has 20 heavy (non-hydrogen) atoms. The lowest BCUT2D eigenvalue weighted by Crippen LogP contribution is -2.02. The summed E-state index contributed by atoms with van der Waals surface area (Å²) in [5.74, 6) is 2.51. The number of methoxy groups -OCH3 is 1. The predicted octanol–water partition coefficient (Wildman–Crippen LogP) is 2.51. The summed E-state index contributed by atoms with van der Waals surface area (Å²) in [5, 5.41) is 4.03. The third-order valence-corrected chi connectivity index (χ3v) is 3.27. The molecule has 0 saturated heterocycles. The Balaban J connectivity index is 1.97. The van der Waals surface area contributed by atoms with Crippen molar-refractivity contribution in [3.63, 3.8) is 0 Å². The van der Waals surface area contributed by atoms with Crippen molar-refractivity contribution in [1.29, 1.82) is 0 Å². The Labute approximate surface area is 119 Å². The molecule has 1 aromatic carbocycles. The van der Waals surface area contributed by atoms with Gasteiger partial charge >= 0.3 is 0 Å². The van der Waals surface area contributed by atoms with Gasteiger partial charge in [-0.15, -0.1) is 0 Å². The molecule has 1 heterocycles. The molecule has 2 aromatic rings. The van der Waals surface area contributed by atoms with Gasteiger partial charge in [0.25, 0.3) is 0 Å². The number of hydrogen-bond acceptors (Lipinski definition) is 5. The molecule has 2 rings (SSSR count). The molecule has 1 unspecified atom stereocenters. The number of ether oxygens (including phenoxy) is 1. The Morgan fingerprint density at radius 2 is 2.05 bits per heavy atom. The van der Waals surface area contributed by atoms with Crippen molar-refractivity contribution in [1.82, 2.24) is 10.1 Å². The minimum atomic E-state index is 0.260. The van der Waals surface area contributed by atoms with Crippen molar-refractivity contribution in [3.05, 3.63) is 41.5 Å². The Morgan fingerprint density at radius 3 is 2.70 bits per heavy atom. The lowest BCUT2D eigenvalue weighted by Gasteiger charge is -2.03. The average Bonchev–Trinajstić information content (AvgIpc) is 2.94. The van der Waals surface area contributed by atoms with E-state index >= 15 is 0 Å². The Hall–Kier alpha value is -1.88. The maximum atomic E-state index is 5.51. The summed E-state index contributed by atoms with van der Waals surface area (Å²) < 4.78 is 10.4. The molecular weight excluding hydrogens is 254 g/mol. The lowest BCUT2D eigenvalue weighted by molar-refractivity contribution is 0.349. The first-order valence-electron chi connectivity index (χ1n) is 6.88. The Bertz CT molecular complexity index is 522. The average molecular weight is 275 g/mol. The molecule has 0 saturated carbocycles. The van der Waals surface area contributed by atoms with Gasteiger partial charge in [-0.05, 0) is 37.1 Å². The van der Waals surface area contributed by atoms with Gasteiger partial charge in [0.1, 0.15) is 5.75 Å². The van der Waals surface area contributed by atoms with Crippen LogP contribution in [0.15, 0.2) is 28.8 Å². The zero-order chi connectivity index (χ0) is 14.4. The molecule has 0 spiro atoms. The molecule has 0 aliphatic carbocycles. The second-order valence-electron chi connectivity index (χ2n) is 4.91. The summed E-state index contributed by atoms with van der Waals surface area (Å²) in [6.45, 7) is 2.78. The van der Waals surface area contributed by atoms with E-state index in [1.165, 1.54) is 0 Å². The first kappa shape index (κ1) is 14.5. The smallest absolute Gasteiger partial charge is 0.229 e. The van der Waals surface area contributed by atoms with Crippen molar-refractivity contribution < 1.29 is 9.26 Å². The molecule has 0 radical (unpaired) electrons. The van der Waals surface area contributed by atoms with Crippen LogP contribution in [-0.2, 0) is 6.42 Å². The van der Waals surface area contributed by atoms with Gasteiger partial charge in [0.05, 0.1) is 7.11 Å². The number of hydrogen-bond donors (Lipinski definition) is 1. The van der Waals surface area contributed by atoms with Crippen LogP contribution in [0.25, 0.3) is 0 Å². The summed E-state index contributed by atoms with van der Waals surface area (Å²) in [7, 11) is 1.66. The van der Waals surface area contributed by atoms with Gasteiger partial charge in [-0.3, -0.25) is 0 Å². The number of aromatic nitrogens is 2. The van der Waals surface area contributed by atoms with Crippen LogP contribution in [0.4, 0.5) is 0 Å². The molecular formula is C15H21N3O2. The molecule has 0 amide bonds. The van der Waals surface area contributed by atoms with Crippen molar-refractivity contribution in [2.24, 2.45) is 5.73 Å². The quantitative estimate of drug-likeness (QED) is 0.840. The second kappa shape index (κ2) is 7.05. The van der Waals surface area contributed by atoms with Crippen LogP contribution < -0.4 is 10.5 Å². The zero-order valence-electron chi connectivity index (χ0n) is 12.0. The molecule has 108 valence electrons. The molecule has 5 heteroatoms. The molecule has 0 fully saturated rings. The molecule has 2 N–H and O–H groups in total. The monoisotopic (exact) mass is 275 g/mol. The molecule has 0 aliphatic heterocycles. The number of nitrogens with two attached hydrogens (primary N) is 1. The van der Waals surface area contributed by atoms with Gasteiger partial charge in [0.15, 0.2) is 5.82 Å². The fourth-order valence-electron chi connectivity index (χ4n) is 2.01. The standard InChI is InChI=1S/C15H21N3O2/c1-11(4-3-9-16)15-17-14(18-20-15)10-12-5-7-13(19-2)8-6-12/h5-8,11H,3-4,9-10,16H2,1-2H3. The van der Waals surface area contributed by atoms with Gasteiger partial charge in [0.2, 0.25) is 5.89 Å². The third kappa shape index (κ3) is 3.81. The van der Waals surface area contributed by atoms with Crippen molar-refractivity contribution in [2.45, 2.75) is 32.1 Å². The molecule has 5 nitrogen and oxygen atoms in total. The van der Waals surface area contributed by atoms with Crippen LogP contribution in [-0.4, -0.2) is 23.8 Å².